The molecule has 0 fully saturated rings. The number of sulfonamides is 1. The molecule has 25 heavy (non-hydrogen) atoms. The second-order valence-electron chi connectivity index (χ2n) is 5.63. The molecule has 0 saturated heterocycles. The number of carbonyl (C=O) groups is 2. The van der Waals surface area contributed by atoms with Crippen LogP contribution in [0.25, 0.3) is 0 Å². The highest BCUT2D eigenvalue weighted by atomic mass is 32.2. The fourth-order valence-corrected chi connectivity index (χ4v) is 4.11. The first-order chi connectivity index (χ1) is 11.9. The Balaban J connectivity index is 1.86. The molecule has 2 aromatic rings. The Labute approximate surface area is 145 Å². The first kappa shape index (κ1) is 17.0. The second kappa shape index (κ2) is 6.56. The van der Waals surface area contributed by atoms with Crippen LogP contribution in [-0.4, -0.2) is 31.1 Å². The number of rotatable bonds is 5. The molecule has 0 spiro atoms. The predicted molar refractivity (Wildman–Crippen MR) is 90.1 cm³/mol. The van der Waals surface area contributed by atoms with E-state index in [0.717, 1.165) is 4.31 Å². The standard InChI is InChI=1S/C17H16N2O5S/c18-16(20)10-24-14-6-3-4-12(8-14)9-19-17(21)15-7-2-1-5-13(15)11-25(19,22)23/h1-8H,9-11H2,(H2,18,20). The van der Waals surface area contributed by atoms with Crippen molar-refractivity contribution in [3.63, 3.8) is 0 Å². The number of primary amides is 1. The molecule has 2 amide bonds. The highest BCUT2D eigenvalue weighted by Gasteiger charge is 2.35. The molecule has 1 aliphatic heterocycles. The summed E-state index contributed by atoms with van der Waals surface area (Å²) in [5, 5.41) is 0. The van der Waals surface area contributed by atoms with Gasteiger partial charge >= 0.3 is 0 Å². The molecule has 2 N–H and O–H groups in total. The van der Waals surface area contributed by atoms with Gasteiger partial charge in [0.1, 0.15) is 5.75 Å². The van der Waals surface area contributed by atoms with Crippen LogP contribution in [0.4, 0.5) is 0 Å². The van der Waals surface area contributed by atoms with Crippen LogP contribution in [0.2, 0.25) is 0 Å². The molecule has 0 aliphatic carbocycles. The van der Waals surface area contributed by atoms with Crippen LogP contribution in [0.3, 0.4) is 0 Å². The molecule has 8 heteroatoms. The number of ether oxygens (including phenoxy) is 1. The maximum absolute atomic E-state index is 12.6. The Morgan fingerprint density at radius 1 is 1.16 bits per heavy atom. The van der Waals surface area contributed by atoms with E-state index in [1.54, 1.807) is 48.5 Å². The third-order valence-electron chi connectivity index (χ3n) is 3.75. The summed E-state index contributed by atoms with van der Waals surface area (Å²) in [5.41, 5.74) is 6.49. The average molecular weight is 360 g/mol. The molecule has 0 atom stereocenters. The van der Waals surface area contributed by atoms with E-state index < -0.39 is 21.8 Å². The molecular weight excluding hydrogens is 344 g/mol. The molecule has 3 rings (SSSR count). The van der Waals surface area contributed by atoms with Gasteiger partial charge in [0.2, 0.25) is 10.0 Å². The summed E-state index contributed by atoms with van der Waals surface area (Å²) in [6.45, 7) is -0.388. The number of hydrogen-bond donors (Lipinski definition) is 1. The van der Waals surface area contributed by atoms with Crippen LogP contribution in [0, 0.1) is 0 Å². The molecular formula is C17H16N2O5S. The Kier molecular flexibility index (Phi) is 4.45. The Morgan fingerprint density at radius 2 is 1.92 bits per heavy atom. The number of benzene rings is 2. The number of fused-ring (bicyclic) bond motifs is 1. The van der Waals surface area contributed by atoms with Crippen LogP contribution < -0.4 is 10.5 Å². The Morgan fingerprint density at radius 3 is 2.68 bits per heavy atom. The number of amides is 2. The minimum Gasteiger partial charge on any atom is -0.484 e. The van der Waals surface area contributed by atoms with Crippen molar-refractivity contribution in [1.82, 2.24) is 4.31 Å². The van der Waals surface area contributed by atoms with Crippen molar-refractivity contribution in [2.45, 2.75) is 12.3 Å². The average Bonchev–Trinajstić information content (AvgIpc) is 2.57. The van der Waals surface area contributed by atoms with Crippen LogP contribution in [-0.2, 0) is 27.1 Å². The van der Waals surface area contributed by atoms with Crippen molar-refractivity contribution in [2.24, 2.45) is 5.73 Å². The largest absolute Gasteiger partial charge is 0.484 e. The van der Waals surface area contributed by atoms with E-state index >= 15 is 0 Å². The van der Waals surface area contributed by atoms with Gasteiger partial charge in [-0.2, -0.15) is 0 Å². The molecule has 0 unspecified atom stereocenters. The quantitative estimate of drug-likeness (QED) is 0.857. The Hall–Kier alpha value is -2.87. The minimum absolute atomic E-state index is 0.108. The summed E-state index contributed by atoms with van der Waals surface area (Å²) in [4.78, 5) is 23.4. The lowest BCUT2D eigenvalue weighted by Crippen LogP contribution is -2.41. The van der Waals surface area contributed by atoms with Gasteiger partial charge in [0, 0.05) is 5.56 Å². The van der Waals surface area contributed by atoms with E-state index in [4.69, 9.17) is 10.5 Å². The predicted octanol–water partition coefficient (Wildman–Crippen LogP) is 1.04. The highest BCUT2D eigenvalue weighted by molar-refractivity contribution is 7.89. The molecule has 1 aliphatic rings. The van der Waals surface area contributed by atoms with Gasteiger partial charge in [-0.3, -0.25) is 9.59 Å². The molecule has 7 nitrogen and oxygen atoms in total. The highest BCUT2D eigenvalue weighted by Crippen LogP contribution is 2.27. The van der Waals surface area contributed by atoms with E-state index in [0.29, 0.717) is 22.4 Å². The van der Waals surface area contributed by atoms with Crippen LogP contribution in [0.15, 0.2) is 48.5 Å². The third kappa shape index (κ3) is 3.63. The molecule has 2 aromatic carbocycles. The van der Waals surface area contributed by atoms with Crippen LogP contribution >= 0.6 is 0 Å². The summed E-state index contributed by atoms with van der Waals surface area (Å²) in [5.74, 6) is -1.01. The lowest BCUT2D eigenvalue weighted by atomic mass is 10.1. The van der Waals surface area contributed by atoms with Gasteiger partial charge in [-0.05, 0) is 29.3 Å². The van der Waals surface area contributed by atoms with Gasteiger partial charge in [-0.25, -0.2) is 12.7 Å². The summed E-state index contributed by atoms with van der Waals surface area (Å²) >= 11 is 0. The van der Waals surface area contributed by atoms with E-state index in [-0.39, 0.29) is 18.9 Å². The summed E-state index contributed by atoms with van der Waals surface area (Å²) in [6.07, 6.45) is 0. The molecule has 1 heterocycles. The zero-order valence-corrected chi connectivity index (χ0v) is 14.0. The fraction of sp³-hybridized carbons (Fsp3) is 0.176. The van der Waals surface area contributed by atoms with Crippen molar-refractivity contribution in [3.8, 4) is 5.75 Å². The minimum atomic E-state index is -3.75. The van der Waals surface area contributed by atoms with Crippen molar-refractivity contribution in [2.75, 3.05) is 6.61 Å². The maximum Gasteiger partial charge on any atom is 0.267 e. The maximum atomic E-state index is 12.6. The summed E-state index contributed by atoms with van der Waals surface area (Å²) in [6, 6.07) is 13.2. The molecule has 0 bridgehead atoms. The molecule has 0 aromatic heterocycles. The Bertz CT molecular complexity index is 940. The SMILES string of the molecule is NC(=O)COc1cccc(CN2C(=O)c3ccccc3CS2(=O)=O)c1. The number of carbonyl (C=O) groups excluding carboxylic acids is 2. The van der Waals surface area contributed by atoms with Crippen molar-refractivity contribution in [3.05, 3.63) is 65.2 Å². The van der Waals surface area contributed by atoms with E-state index in [1.807, 2.05) is 0 Å². The monoisotopic (exact) mass is 360 g/mol. The summed E-state index contributed by atoms with van der Waals surface area (Å²) < 4.78 is 31.0. The third-order valence-corrected chi connectivity index (χ3v) is 5.40. The molecule has 130 valence electrons. The van der Waals surface area contributed by atoms with Crippen molar-refractivity contribution in [1.29, 1.82) is 0 Å². The van der Waals surface area contributed by atoms with E-state index in [9.17, 15) is 18.0 Å². The first-order valence-corrected chi connectivity index (χ1v) is 9.10. The molecule has 0 saturated carbocycles. The van der Waals surface area contributed by atoms with Gasteiger partial charge in [0.15, 0.2) is 6.61 Å². The summed E-state index contributed by atoms with van der Waals surface area (Å²) in [7, 11) is -3.75. The van der Waals surface area contributed by atoms with Crippen LogP contribution in [0.1, 0.15) is 21.5 Å². The number of nitrogens with zero attached hydrogens (tertiary/aromatic N) is 1. The van der Waals surface area contributed by atoms with E-state index in [1.165, 1.54) is 0 Å². The zero-order valence-electron chi connectivity index (χ0n) is 13.2. The number of nitrogens with two attached hydrogens (primary N) is 1. The second-order valence-corrected chi connectivity index (χ2v) is 7.52. The molecule has 0 radical (unpaired) electrons. The van der Waals surface area contributed by atoms with Gasteiger partial charge in [0.05, 0.1) is 12.3 Å². The van der Waals surface area contributed by atoms with Gasteiger partial charge in [0.25, 0.3) is 11.8 Å². The normalized spacial score (nSPS) is 15.5. The van der Waals surface area contributed by atoms with Gasteiger partial charge < -0.3 is 10.5 Å². The smallest absolute Gasteiger partial charge is 0.267 e. The topological polar surface area (TPSA) is 107 Å². The van der Waals surface area contributed by atoms with Crippen molar-refractivity contribution >= 4 is 21.8 Å². The van der Waals surface area contributed by atoms with Gasteiger partial charge in [-0.15, -0.1) is 0 Å². The lowest BCUT2D eigenvalue weighted by molar-refractivity contribution is -0.119. The fourth-order valence-electron chi connectivity index (χ4n) is 2.61. The lowest BCUT2D eigenvalue weighted by Gasteiger charge is -2.28. The van der Waals surface area contributed by atoms with E-state index in [2.05, 4.69) is 0 Å². The first-order valence-electron chi connectivity index (χ1n) is 7.49. The number of hydrogen-bond acceptors (Lipinski definition) is 5. The zero-order chi connectivity index (χ0) is 18.0. The van der Waals surface area contributed by atoms with Gasteiger partial charge in [-0.1, -0.05) is 30.3 Å². The van der Waals surface area contributed by atoms with Crippen molar-refractivity contribution < 1.29 is 22.7 Å². The van der Waals surface area contributed by atoms with Crippen LogP contribution in [0.5, 0.6) is 5.75 Å².